The van der Waals surface area contributed by atoms with Crippen LogP contribution in [-0.2, 0) is 5.54 Å². The van der Waals surface area contributed by atoms with Gasteiger partial charge in [0, 0.05) is 17.3 Å². The smallest absolute Gasteiger partial charge is 0.336 e. The topological polar surface area (TPSA) is 86.9 Å². The Bertz CT molecular complexity index is 1670. The van der Waals surface area contributed by atoms with E-state index in [1.54, 1.807) is 6.26 Å². The summed E-state index contributed by atoms with van der Waals surface area (Å²) in [7, 11) is 0. The molecular formula is C28H23N6O+. The summed E-state index contributed by atoms with van der Waals surface area (Å²) < 4.78 is 9.27. The molecule has 0 amide bonds. The van der Waals surface area contributed by atoms with Crippen LogP contribution >= 0.6 is 0 Å². The Labute approximate surface area is 201 Å². The SMILES string of the molecule is NC1(c2ccc(-n3nc(-c4cocn4)[n+]4ccc5ncc(-c6ccccc6)cc5c34)cc2)CCC1. The third-order valence-corrected chi connectivity index (χ3v) is 7.09. The Morgan fingerprint density at radius 2 is 1.77 bits per heavy atom. The number of aromatic nitrogens is 5. The van der Waals surface area contributed by atoms with E-state index in [4.69, 9.17) is 20.2 Å². The third kappa shape index (κ3) is 3.16. The van der Waals surface area contributed by atoms with Crippen molar-refractivity contribution in [3.63, 3.8) is 0 Å². The minimum atomic E-state index is -0.202. The molecule has 7 rings (SSSR count). The minimum absolute atomic E-state index is 0.202. The Hall–Kier alpha value is -4.36. The molecule has 1 aliphatic rings. The summed E-state index contributed by atoms with van der Waals surface area (Å²) in [6, 6.07) is 22.9. The van der Waals surface area contributed by atoms with Gasteiger partial charge in [0.05, 0.1) is 22.2 Å². The lowest BCUT2D eigenvalue weighted by Gasteiger charge is -2.38. The fourth-order valence-electron chi connectivity index (χ4n) is 4.96. The number of rotatable bonds is 4. The van der Waals surface area contributed by atoms with Crippen LogP contribution in [0.2, 0.25) is 0 Å². The van der Waals surface area contributed by atoms with Crippen molar-refractivity contribution in [2.24, 2.45) is 5.73 Å². The normalized spacial score (nSPS) is 14.9. The van der Waals surface area contributed by atoms with Gasteiger partial charge in [0.25, 0.3) is 5.65 Å². The molecule has 0 radical (unpaired) electrons. The average Bonchev–Trinajstić information content (AvgIpc) is 3.56. The second-order valence-corrected chi connectivity index (χ2v) is 9.20. The van der Waals surface area contributed by atoms with Gasteiger partial charge in [-0.05, 0) is 54.7 Å². The zero-order chi connectivity index (χ0) is 23.4. The first kappa shape index (κ1) is 20.1. The van der Waals surface area contributed by atoms with Gasteiger partial charge in [-0.25, -0.2) is 4.98 Å². The highest BCUT2D eigenvalue weighted by atomic mass is 16.3. The molecule has 0 bridgehead atoms. The zero-order valence-electron chi connectivity index (χ0n) is 19.0. The largest absolute Gasteiger partial charge is 0.451 e. The number of hydrogen-bond acceptors (Lipinski definition) is 5. The van der Waals surface area contributed by atoms with Crippen LogP contribution in [0.5, 0.6) is 0 Å². The van der Waals surface area contributed by atoms with Crippen molar-refractivity contribution in [3.05, 3.63) is 97.3 Å². The van der Waals surface area contributed by atoms with Crippen molar-refractivity contribution >= 4 is 16.6 Å². The second-order valence-electron chi connectivity index (χ2n) is 9.20. The molecule has 7 nitrogen and oxygen atoms in total. The van der Waals surface area contributed by atoms with Gasteiger partial charge in [-0.3, -0.25) is 4.98 Å². The molecule has 0 unspecified atom stereocenters. The molecule has 6 aromatic rings. The lowest BCUT2D eigenvalue weighted by Crippen LogP contribution is -2.43. The highest BCUT2D eigenvalue weighted by molar-refractivity contribution is 5.93. The van der Waals surface area contributed by atoms with Crippen molar-refractivity contribution in [1.29, 1.82) is 0 Å². The summed E-state index contributed by atoms with van der Waals surface area (Å²) in [6.07, 6.45) is 10.2. The maximum atomic E-state index is 6.56. The third-order valence-electron chi connectivity index (χ3n) is 7.09. The van der Waals surface area contributed by atoms with Crippen molar-refractivity contribution in [2.45, 2.75) is 24.8 Å². The number of fused-ring (bicyclic) bond motifs is 3. The summed E-state index contributed by atoms with van der Waals surface area (Å²) in [5.41, 5.74) is 13.1. The first-order chi connectivity index (χ1) is 17.2. The van der Waals surface area contributed by atoms with E-state index in [1.165, 1.54) is 18.4 Å². The molecule has 35 heavy (non-hydrogen) atoms. The zero-order valence-corrected chi connectivity index (χ0v) is 19.0. The monoisotopic (exact) mass is 459 g/mol. The molecule has 4 aromatic heterocycles. The summed E-state index contributed by atoms with van der Waals surface area (Å²) >= 11 is 0. The minimum Gasteiger partial charge on any atom is -0.451 e. The van der Waals surface area contributed by atoms with E-state index in [0.29, 0.717) is 11.5 Å². The predicted molar refractivity (Wildman–Crippen MR) is 133 cm³/mol. The van der Waals surface area contributed by atoms with Crippen LogP contribution in [-0.4, -0.2) is 19.7 Å². The maximum absolute atomic E-state index is 6.56. The molecule has 2 aromatic carbocycles. The Morgan fingerprint density at radius 1 is 0.943 bits per heavy atom. The van der Waals surface area contributed by atoms with Crippen molar-refractivity contribution in [2.75, 3.05) is 0 Å². The van der Waals surface area contributed by atoms with Crippen LogP contribution in [0.15, 0.2) is 96.2 Å². The number of benzene rings is 2. The summed E-state index contributed by atoms with van der Waals surface area (Å²) in [5.74, 6) is 0.694. The standard InChI is InChI=1S/C28H23N6O/c29-28(12-4-13-28)21-7-9-22(10-8-21)34-27-23-15-20(19-5-2-1-3-6-19)16-30-24(23)11-14-33(27)26(32-34)25-17-35-18-31-25/h1-3,5-11,14-18H,4,12-13,29H2/q+1. The molecule has 1 aliphatic carbocycles. The fraction of sp³-hybridized carbons (Fsp3) is 0.143. The van der Waals surface area contributed by atoms with E-state index in [0.717, 1.165) is 46.2 Å². The molecule has 4 heterocycles. The molecule has 7 heteroatoms. The van der Waals surface area contributed by atoms with E-state index in [9.17, 15) is 0 Å². The Kier molecular flexibility index (Phi) is 4.34. The number of pyridine rings is 2. The van der Waals surface area contributed by atoms with Gasteiger partial charge in [-0.15, -0.1) is 0 Å². The fourth-order valence-corrected chi connectivity index (χ4v) is 4.96. The number of oxazole rings is 1. The van der Waals surface area contributed by atoms with Gasteiger partial charge in [-0.2, -0.15) is 4.40 Å². The average molecular weight is 460 g/mol. The number of nitrogens with zero attached hydrogens (tertiary/aromatic N) is 5. The number of nitrogens with two attached hydrogens (primary N) is 1. The molecule has 1 saturated carbocycles. The van der Waals surface area contributed by atoms with E-state index in [-0.39, 0.29) is 5.54 Å². The molecule has 0 aliphatic heterocycles. The van der Waals surface area contributed by atoms with Crippen molar-refractivity contribution in [1.82, 2.24) is 19.7 Å². The van der Waals surface area contributed by atoms with E-state index >= 15 is 0 Å². The maximum Gasteiger partial charge on any atom is 0.336 e. The summed E-state index contributed by atoms with van der Waals surface area (Å²) in [4.78, 5) is 9.13. The first-order valence-corrected chi connectivity index (χ1v) is 11.8. The van der Waals surface area contributed by atoms with Crippen LogP contribution in [0.3, 0.4) is 0 Å². The first-order valence-electron chi connectivity index (χ1n) is 11.8. The molecular weight excluding hydrogens is 436 g/mol. The van der Waals surface area contributed by atoms with Gasteiger partial charge in [0.1, 0.15) is 12.0 Å². The van der Waals surface area contributed by atoms with Gasteiger partial charge in [0.2, 0.25) is 0 Å². The molecule has 0 saturated heterocycles. The van der Waals surface area contributed by atoms with E-state index < -0.39 is 0 Å². The van der Waals surface area contributed by atoms with E-state index in [1.807, 2.05) is 45.7 Å². The Morgan fingerprint density at radius 3 is 2.49 bits per heavy atom. The summed E-state index contributed by atoms with van der Waals surface area (Å²) in [5, 5.41) is 5.97. The summed E-state index contributed by atoms with van der Waals surface area (Å²) in [6.45, 7) is 0. The predicted octanol–water partition coefficient (Wildman–Crippen LogP) is 4.82. The number of hydrogen-bond donors (Lipinski definition) is 1. The highest BCUT2D eigenvalue weighted by Gasteiger charge is 2.34. The van der Waals surface area contributed by atoms with Crippen molar-refractivity contribution < 1.29 is 8.82 Å². The van der Waals surface area contributed by atoms with E-state index in [2.05, 4.69) is 47.4 Å². The lowest BCUT2D eigenvalue weighted by atomic mass is 9.73. The lowest BCUT2D eigenvalue weighted by molar-refractivity contribution is -0.498. The Balaban J connectivity index is 1.48. The van der Waals surface area contributed by atoms with Crippen LogP contribution in [0.4, 0.5) is 0 Å². The van der Waals surface area contributed by atoms with Crippen LogP contribution in [0.1, 0.15) is 24.8 Å². The van der Waals surface area contributed by atoms with Gasteiger partial charge >= 0.3 is 5.82 Å². The highest BCUT2D eigenvalue weighted by Crippen LogP contribution is 2.39. The molecule has 0 spiro atoms. The van der Waals surface area contributed by atoms with Gasteiger partial charge < -0.3 is 10.2 Å². The molecule has 0 atom stereocenters. The quantitative estimate of drug-likeness (QED) is 0.382. The van der Waals surface area contributed by atoms with Crippen LogP contribution in [0, 0.1) is 0 Å². The van der Waals surface area contributed by atoms with Gasteiger partial charge in [-0.1, -0.05) is 47.1 Å². The molecule has 170 valence electrons. The molecule has 2 N–H and O–H groups in total. The second kappa shape index (κ2) is 7.58. The van der Waals surface area contributed by atoms with Crippen LogP contribution in [0.25, 0.3) is 44.9 Å². The van der Waals surface area contributed by atoms with Crippen LogP contribution < -0.4 is 10.1 Å². The van der Waals surface area contributed by atoms with Gasteiger partial charge in [0.15, 0.2) is 12.1 Å². The molecule has 1 fully saturated rings. The van der Waals surface area contributed by atoms with Crippen molar-refractivity contribution in [3.8, 4) is 28.3 Å².